The molecule has 0 aromatic heterocycles. The molecule has 1 N–H and O–H groups in total. The maximum absolute atomic E-state index is 13.7. The Kier molecular flexibility index (Phi) is 5.69. The van der Waals surface area contributed by atoms with Crippen molar-refractivity contribution in [2.45, 2.75) is 30.9 Å². The summed E-state index contributed by atoms with van der Waals surface area (Å²) in [4.78, 5) is 26.0. The summed E-state index contributed by atoms with van der Waals surface area (Å²) >= 11 is 6.17. The van der Waals surface area contributed by atoms with Gasteiger partial charge in [0.05, 0.1) is 17.1 Å². The summed E-state index contributed by atoms with van der Waals surface area (Å²) in [6, 6.07) is 20.6. The fraction of sp³-hybridized carbons (Fsp3) is 0.192. The second-order valence-corrected chi connectivity index (χ2v) is 8.79. The zero-order valence-electron chi connectivity index (χ0n) is 18.0. The van der Waals surface area contributed by atoms with Gasteiger partial charge in [-0.3, -0.25) is 19.8 Å². The minimum Gasteiger partial charge on any atom is -0.389 e. The number of carbonyl (C=O) groups excluding carboxylic acids is 1. The van der Waals surface area contributed by atoms with Crippen LogP contribution in [0.5, 0.6) is 0 Å². The molecule has 3 aromatic carbocycles. The number of nitrogens with zero attached hydrogens (tertiary/aromatic N) is 2. The first-order chi connectivity index (χ1) is 16.4. The second-order valence-electron chi connectivity index (χ2n) is 8.36. The van der Waals surface area contributed by atoms with Crippen molar-refractivity contribution in [1.29, 1.82) is 0 Å². The van der Waals surface area contributed by atoms with E-state index in [4.69, 9.17) is 16.3 Å². The molecule has 1 amide bonds. The highest BCUT2D eigenvalue weighted by Crippen LogP contribution is 2.47. The van der Waals surface area contributed by atoms with Gasteiger partial charge in [0.25, 0.3) is 11.6 Å². The van der Waals surface area contributed by atoms with Crippen LogP contribution in [-0.2, 0) is 17.0 Å². The maximum atomic E-state index is 13.7. The lowest BCUT2D eigenvalue weighted by Gasteiger charge is -2.41. The fourth-order valence-corrected chi connectivity index (χ4v) is 4.75. The third kappa shape index (κ3) is 3.77. The van der Waals surface area contributed by atoms with Crippen LogP contribution in [0.4, 0.5) is 5.69 Å². The molecule has 2 aliphatic rings. The molecular weight excluding hydrogens is 456 g/mol. The average Bonchev–Trinajstić information content (AvgIpc) is 3.35. The van der Waals surface area contributed by atoms with Gasteiger partial charge in [-0.2, -0.15) is 0 Å². The number of hydrogen-bond donors (Lipinski definition) is 1. The first-order valence-corrected chi connectivity index (χ1v) is 11.2. The standard InChI is InChI=1S/C26H21ClN2O5/c27-19-9-7-18(8-10-19)26(34-22-14-13-21(30)15-22)24-4-2-1-3-23(24)25(31)28(26)16-17-5-11-20(12-6-17)29(32)33/h1-14,21-22,30H,15-16H2. The second kappa shape index (κ2) is 8.68. The van der Waals surface area contributed by atoms with Crippen molar-refractivity contribution < 1.29 is 19.6 Å². The largest absolute Gasteiger partial charge is 0.389 e. The molecule has 172 valence electrons. The summed E-state index contributed by atoms with van der Waals surface area (Å²) in [5.41, 5.74) is 1.34. The van der Waals surface area contributed by atoms with Gasteiger partial charge >= 0.3 is 0 Å². The predicted octanol–water partition coefficient (Wildman–Crippen LogP) is 4.81. The normalized spacial score (nSPS) is 23.4. The van der Waals surface area contributed by atoms with Crippen molar-refractivity contribution in [3.63, 3.8) is 0 Å². The van der Waals surface area contributed by atoms with Gasteiger partial charge < -0.3 is 9.84 Å². The number of hydrogen-bond acceptors (Lipinski definition) is 5. The van der Waals surface area contributed by atoms with Crippen molar-refractivity contribution in [3.05, 3.63) is 122 Å². The topological polar surface area (TPSA) is 92.9 Å². The van der Waals surface area contributed by atoms with E-state index in [1.54, 1.807) is 53.5 Å². The molecule has 7 nitrogen and oxygen atoms in total. The number of carbonyl (C=O) groups is 1. The zero-order chi connectivity index (χ0) is 23.9. The van der Waals surface area contributed by atoms with Crippen LogP contribution in [0, 0.1) is 10.1 Å². The van der Waals surface area contributed by atoms with E-state index in [1.807, 2.05) is 24.3 Å². The average molecular weight is 477 g/mol. The number of halogens is 1. The molecule has 0 bridgehead atoms. The van der Waals surface area contributed by atoms with E-state index in [-0.39, 0.29) is 18.1 Å². The maximum Gasteiger partial charge on any atom is 0.269 e. The number of amides is 1. The van der Waals surface area contributed by atoms with E-state index in [9.17, 15) is 20.0 Å². The molecule has 0 saturated carbocycles. The smallest absolute Gasteiger partial charge is 0.269 e. The Labute approximate surface area is 201 Å². The zero-order valence-corrected chi connectivity index (χ0v) is 18.8. The SMILES string of the molecule is O=C1c2ccccc2C(OC2C=CC(O)C2)(c2ccc(Cl)cc2)N1Cc1ccc([N+](=O)[O-])cc1. The number of aliphatic hydroxyl groups is 1. The molecule has 0 spiro atoms. The summed E-state index contributed by atoms with van der Waals surface area (Å²) in [6.07, 6.45) is 2.81. The van der Waals surface area contributed by atoms with Gasteiger partial charge in [0.1, 0.15) is 0 Å². The number of nitro benzene ring substituents is 1. The molecule has 5 rings (SSSR count). The summed E-state index contributed by atoms with van der Waals surface area (Å²) in [6.45, 7) is 0.160. The van der Waals surface area contributed by atoms with Crippen molar-refractivity contribution in [3.8, 4) is 0 Å². The van der Waals surface area contributed by atoms with E-state index < -0.39 is 22.9 Å². The molecule has 3 unspecified atom stereocenters. The molecule has 1 aliphatic heterocycles. The van der Waals surface area contributed by atoms with Crippen molar-refractivity contribution in [1.82, 2.24) is 4.90 Å². The van der Waals surface area contributed by atoms with E-state index in [1.165, 1.54) is 12.1 Å². The van der Waals surface area contributed by atoms with E-state index in [0.29, 0.717) is 28.1 Å². The van der Waals surface area contributed by atoms with Gasteiger partial charge in [-0.05, 0) is 23.8 Å². The van der Waals surface area contributed by atoms with Crippen molar-refractivity contribution in [2.24, 2.45) is 0 Å². The van der Waals surface area contributed by atoms with Crippen molar-refractivity contribution >= 4 is 23.2 Å². The number of rotatable bonds is 6. The Hall–Kier alpha value is -3.52. The third-order valence-electron chi connectivity index (χ3n) is 6.21. The van der Waals surface area contributed by atoms with Crippen LogP contribution in [0.3, 0.4) is 0 Å². The molecule has 1 heterocycles. The Bertz CT molecular complexity index is 1280. The van der Waals surface area contributed by atoms with Crippen LogP contribution in [0.1, 0.15) is 33.5 Å². The van der Waals surface area contributed by atoms with Gasteiger partial charge in [0, 0.05) is 46.8 Å². The highest BCUT2D eigenvalue weighted by Gasteiger charge is 2.53. The Balaban J connectivity index is 1.65. The Morgan fingerprint density at radius 1 is 1.06 bits per heavy atom. The van der Waals surface area contributed by atoms with Crippen LogP contribution >= 0.6 is 11.6 Å². The fourth-order valence-electron chi connectivity index (χ4n) is 4.62. The lowest BCUT2D eigenvalue weighted by molar-refractivity contribution is -0.384. The lowest BCUT2D eigenvalue weighted by atomic mass is 9.92. The molecule has 0 fully saturated rings. The number of nitro groups is 1. The quantitative estimate of drug-likeness (QED) is 0.313. The van der Waals surface area contributed by atoms with Gasteiger partial charge in [0.15, 0.2) is 5.72 Å². The summed E-state index contributed by atoms with van der Waals surface area (Å²) in [7, 11) is 0. The van der Waals surface area contributed by atoms with Crippen LogP contribution in [0.25, 0.3) is 0 Å². The first-order valence-electron chi connectivity index (χ1n) is 10.8. The van der Waals surface area contributed by atoms with E-state index in [2.05, 4.69) is 0 Å². The van der Waals surface area contributed by atoms with Gasteiger partial charge in [-0.25, -0.2) is 0 Å². The van der Waals surface area contributed by atoms with Gasteiger partial charge in [0.2, 0.25) is 0 Å². The van der Waals surface area contributed by atoms with Crippen LogP contribution in [0.15, 0.2) is 84.9 Å². The molecule has 0 saturated heterocycles. The molecule has 3 atom stereocenters. The van der Waals surface area contributed by atoms with Crippen LogP contribution < -0.4 is 0 Å². The minimum atomic E-state index is -1.28. The number of fused-ring (bicyclic) bond motifs is 1. The lowest BCUT2D eigenvalue weighted by Crippen LogP contribution is -2.48. The molecular formula is C26H21ClN2O5. The predicted molar refractivity (Wildman–Crippen MR) is 126 cm³/mol. The van der Waals surface area contributed by atoms with Gasteiger partial charge in [-0.15, -0.1) is 0 Å². The monoisotopic (exact) mass is 476 g/mol. The summed E-state index contributed by atoms with van der Waals surface area (Å²) in [5, 5.41) is 21.7. The van der Waals surface area contributed by atoms with E-state index in [0.717, 1.165) is 5.56 Å². The van der Waals surface area contributed by atoms with Gasteiger partial charge in [-0.1, -0.05) is 66.2 Å². The molecule has 1 aliphatic carbocycles. The molecule has 34 heavy (non-hydrogen) atoms. The Morgan fingerprint density at radius 2 is 1.76 bits per heavy atom. The van der Waals surface area contributed by atoms with Crippen molar-refractivity contribution in [2.75, 3.05) is 0 Å². The summed E-state index contributed by atoms with van der Waals surface area (Å²) in [5.74, 6) is -0.216. The molecule has 3 aromatic rings. The number of aliphatic hydroxyl groups excluding tert-OH is 1. The number of non-ortho nitro benzene ring substituents is 1. The molecule has 8 heteroatoms. The highest BCUT2D eigenvalue weighted by atomic mass is 35.5. The van der Waals surface area contributed by atoms with E-state index >= 15 is 0 Å². The summed E-state index contributed by atoms with van der Waals surface area (Å²) < 4.78 is 6.71. The number of ether oxygens (including phenoxy) is 1. The minimum absolute atomic E-state index is 0.0231. The number of benzene rings is 3. The Morgan fingerprint density at radius 3 is 2.41 bits per heavy atom. The first kappa shape index (κ1) is 22.3. The third-order valence-corrected chi connectivity index (χ3v) is 6.47. The highest BCUT2D eigenvalue weighted by molar-refractivity contribution is 6.30. The van der Waals surface area contributed by atoms with Crippen LogP contribution in [-0.4, -0.2) is 33.0 Å². The van der Waals surface area contributed by atoms with Crippen LogP contribution in [0.2, 0.25) is 5.02 Å². The molecule has 0 radical (unpaired) electrons.